The monoisotopic (exact) mass is 360 g/mol. The summed E-state index contributed by atoms with van der Waals surface area (Å²) in [5, 5.41) is 0. The SMILES string of the molecule is CC(C)(C)C(=O)OC1=CC=CCC1.CC(C)(C)C(=O)OC1=CC=CCC1. The van der Waals surface area contributed by atoms with E-state index in [1.165, 1.54) is 0 Å². The van der Waals surface area contributed by atoms with E-state index in [4.69, 9.17) is 9.47 Å². The van der Waals surface area contributed by atoms with Crippen LogP contribution in [0.1, 0.15) is 67.2 Å². The second-order valence-electron chi connectivity index (χ2n) is 8.48. The molecule has 0 aromatic rings. The average Bonchev–Trinajstić information content (AvgIpc) is 2.55. The second kappa shape index (κ2) is 9.56. The van der Waals surface area contributed by atoms with Gasteiger partial charge in [-0.2, -0.15) is 0 Å². The second-order valence-corrected chi connectivity index (χ2v) is 8.48. The molecule has 2 rings (SSSR count). The maximum atomic E-state index is 11.4. The molecule has 2 aliphatic carbocycles. The van der Waals surface area contributed by atoms with Gasteiger partial charge in [-0.05, 0) is 66.5 Å². The van der Waals surface area contributed by atoms with Gasteiger partial charge in [0.05, 0.1) is 10.8 Å². The summed E-state index contributed by atoms with van der Waals surface area (Å²) in [7, 11) is 0. The Morgan fingerprint density at radius 1 is 0.731 bits per heavy atom. The van der Waals surface area contributed by atoms with Crippen molar-refractivity contribution in [2.75, 3.05) is 0 Å². The van der Waals surface area contributed by atoms with E-state index in [1.807, 2.05) is 65.8 Å². The van der Waals surface area contributed by atoms with E-state index in [0.717, 1.165) is 37.2 Å². The summed E-state index contributed by atoms with van der Waals surface area (Å²) in [6.07, 6.45) is 15.3. The molecule has 0 saturated carbocycles. The summed E-state index contributed by atoms with van der Waals surface area (Å²) in [6.45, 7) is 11.1. The van der Waals surface area contributed by atoms with Gasteiger partial charge in [0, 0.05) is 12.8 Å². The lowest BCUT2D eigenvalue weighted by Crippen LogP contribution is -2.22. The summed E-state index contributed by atoms with van der Waals surface area (Å²) in [4.78, 5) is 22.9. The van der Waals surface area contributed by atoms with Gasteiger partial charge in [-0.3, -0.25) is 9.59 Å². The molecule has 0 fully saturated rings. The van der Waals surface area contributed by atoms with Crippen LogP contribution in [-0.4, -0.2) is 11.9 Å². The minimum absolute atomic E-state index is 0.158. The molecule has 2 aliphatic rings. The third-order valence-electron chi connectivity index (χ3n) is 3.62. The Labute approximate surface area is 157 Å². The molecule has 0 heterocycles. The molecule has 0 atom stereocenters. The van der Waals surface area contributed by atoms with Crippen molar-refractivity contribution in [2.45, 2.75) is 67.2 Å². The van der Waals surface area contributed by atoms with Crippen LogP contribution in [0.5, 0.6) is 0 Å². The van der Waals surface area contributed by atoms with Crippen LogP contribution in [0.2, 0.25) is 0 Å². The van der Waals surface area contributed by atoms with Gasteiger partial charge < -0.3 is 9.47 Å². The van der Waals surface area contributed by atoms with Crippen LogP contribution in [0.3, 0.4) is 0 Å². The zero-order valence-corrected chi connectivity index (χ0v) is 16.9. The van der Waals surface area contributed by atoms with Crippen molar-refractivity contribution in [1.29, 1.82) is 0 Å². The molecular weight excluding hydrogens is 328 g/mol. The fraction of sp³-hybridized carbons (Fsp3) is 0.545. The first kappa shape index (κ1) is 21.9. The average molecular weight is 360 g/mol. The predicted octanol–water partition coefficient (Wildman–Crippen LogP) is 5.62. The maximum Gasteiger partial charge on any atom is 0.316 e. The first-order chi connectivity index (χ1) is 12.0. The summed E-state index contributed by atoms with van der Waals surface area (Å²) in [5.74, 6) is 1.24. The quantitative estimate of drug-likeness (QED) is 0.600. The van der Waals surface area contributed by atoms with Gasteiger partial charge in [0.1, 0.15) is 11.5 Å². The third-order valence-corrected chi connectivity index (χ3v) is 3.62. The van der Waals surface area contributed by atoms with Crippen LogP contribution in [0.15, 0.2) is 48.0 Å². The lowest BCUT2D eigenvalue weighted by molar-refractivity contribution is -0.149. The topological polar surface area (TPSA) is 52.6 Å². The molecule has 0 aromatic heterocycles. The minimum Gasteiger partial charge on any atom is -0.431 e. The number of esters is 2. The summed E-state index contributed by atoms with van der Waals surface area (Å²) in [5.41, 5.74) is -0.829. The Bertz CT molecular complexity index is 564. The van der Waals surface area contributed by atoms with Gasteiger partial charge in [-0.25, -0.2) is 0 Å². The van der Waals surface area contributed by atoms with Gasteiger partial charge in [0.25, 0.3) is 0 Å². The third kappa shape index (κ3) is 8.32. The molecule has 4 nitrogen and oxygen atoms in total. The number of hydrogen-bond donors (Lipinski definition) is 0. The number of ether oxygens (including phenoxy) is 2. The van der Waals surface area contributed by atoms with E-state index in [0.29, 0.717) is 0 Å². The molecule has 0 aromatic carbocycles. The molecular formula is C22H32O4. The normalized spacial score (nSPS) is 16.7. The van der Waals surface area contributed by atoms with E-state index in [1.54, 1.807) is 0 Å². The Morgan fingerprint density at radius 3 is 1.31 bits per heavy atom. The number of allylic oxidation sites excluding steroid dienone is 8. The predicted molar refractivity (Wildman–Crippen MR) is 104 cm³/mol. The van der Waals surface area contributed by atoms with Crippen LogP contribution in [0, 0.1) is 10.8 Å². The van der Waals surface area contributed by atoms with E-state index in [-0.39, 0.29) is 11.9 Å². The molecule has 0 bridgehead atoms. The van der Waals surface area contributed by atoms with Crippen molar-refractivity contribution >= 4 is 11.9 Å². The highest BCUT2D eigenvalue weighted by molar-refractivity contribution is 5.76. The molecule has 0 saturated heterocycles. The highest BCUT2D eigenvalue weighted by Crippen LogP contribution is 2.21. The molecule has 0 unspecified atom stereocenters. The standard InChI is InChI=1S/2C11H16O2/c2*1-11(2,3)10(12)13-9-7-5-4-6-8-9/h2*4-5,7H,6,8H2,1-3H3. The van der Waals surface area contributed by atoms with Crippen molar-refractivity contribution in [3.63, 3.8) is 0 Å². The van der Waals surface area contributed by atoms with Gasteiger partial charge >= 0.3 is 11.9 Å². The van der Waals surface area contributed by atoms with Crippen molar-refractivity contribution in [1.82, 2.24) is 0 Å². The molecule has 0 amide bonds. The first-order valence-corrected chi connectivity index (χ1v) is 9.16. The zero-order valence-electron chi connectivity index (χ0n) is 16.9. The van der Waals surface area contributed by atoms with Crippen LogP contribution in [0.25, 0.3) is 0 Å². The number of carbonyl (C=O) groups excluding carboxylic acids is 2. The smallest absolute Gasteiger partial charge is 0.316 e. The fourth-order valence-electron chi connectivity index (χ4n) is 1.88. The lowest BCUT2D eigenvalue weighted by atomic mass is 9.97. The highest BCUT2D eigenvalue weighted by atomic mass is 16.5. The van der Waals surface area contributed by atoms with E-state index in [9.17, 15) is 9.59 Å². The van der Waals surface area contributed by atoms with Gasteiger partial charge in [0.15, 0.2) is 0 Å². The number of carbonyl (C=O) groups is 2. The molecule has 4 heteroatoms. The summed E-state index contributed by atoms with van der Waals surface area (Å²) < 4.78 is 10.5. The maximum absolute atomic E-state index is 11.4. The lowest BCUT2D eigenvalue weighted by Gasteiger charge is -2.18. The summed E-state index contributed by atoms with van der Waals surface area (Å²) in [6, 6.07) is 0. The number of hydrogen-bond acceptors (Lipinski definition) is 4. The number of rotatable bonds is 2. The zero-order chi connectivity index (χ0) is 19.8. The Hall–Kier alpha value is -2.10. The van der Waals surface area contributed by atoms with Crippen LogP contribution < -0.4 is 0 Å². The van der Waals surface area contributed by atoms with Gasteiger partial charge in [-0.1, -0.05) is 24.3 Å². The molecule has 144 valence electrons. The van der Waals surface area contributed by atoms with E-state index >= 15 is 0 Å². The highest BCUT2D eigenvalue weighted by Gasteiger charge is 2.25. The molecule has 0 N–H and O–H groups in total. The largest absolute Gasteiger partial charge is 0.431 e. The van der Waals surface area contributed by atoms with Crippen molar-refractivity contribution in [3.8, 4) is 0 Å². The van der Waals surface area contributed by atoms with Crippen LogP contribution in [0.4, 0.5) is 0 Å². The minimum atomic E-state index is -0.415. The summed E-state index contributed by atoms with van der Waals surface area (Å²) >= 11 is 0. The molecule has 0 radical (unpaired) electrons. The van der Waals surface area contributed by atoms with Gasteiger partial charge in [-0.15, -0.1) is 0 Å². The molecule has 26 heavy (non-hydrogen) atoms. The van der Waals surface area contributed by atoms with Crippen molar-refractivity contribution < 1.29 is 19.1 Å². The Kier molecular flexibility index (Phi) is 8.07. The van der Waals surface area contributed by atoms with Crippen LogP contribution in [-0.2, 0) is 19.1 Å². The van der Waals surface area contributed by atoms with E-state index < -0.39 is 10.8 Å². The van der Waals surface area contributed by atoms with Crippen molar-refractivity contribution in [2.24, 2.45) is 10.8 Å². The first-order valence-electron chi connectivity index (χ1n) is 9.16. The Morgan fingerprint density at radius 2 is 1.08 bits per heavy atom. The Balaban J connectivity index is 0.000000260. The van der Waals surface area contributed by atoms with Gasteiger partial charge in [0.2, 0.25) is 0 Å². The van der Waals surface area contributed by atoms with Crippen molar-refractivity contribution in [3.05, 3.63) is 48.0 Å². The van der Waals surface area contributed by atoms with Crippen LogP contribution >= 0.6 is 0 Å². The fourth-order valence-corrected chi connectivity index (χ4v) is 1.88. The van der Waals surface area contributed by atoms with E-state index in [2.05, 4.69) is 12.2 Å². The molecule has 0 aliphatic heterocycles. The molecule has 0 spiro atoms.